The first kappa shape index (κ1) is 98.3. The van der Waals surface area contributed by atoms with E-state index < -0.39 is 123 Å². The van der Waals surface area contributed by atoms with Crippen molar-refractivity contribution in [3.8, 4) is 0 Å². The number of carbonyl (C=O) groups is 5. The van der Waals surface area contributed by atoms with Gasteiger partial charge in [-0.25, -0.2) is 0 Å². The first-order valence-electron chi connectivity index (χ1n) is 38.1. The van der Waals surface area contributed by atoms with Crippen LogP contribution in [0.3, 0.4) is 0 Å². The average Bonchev–Trinajstić information content (AvgIpc) is 1.14. The summed E-state index contributed by atoms with van der Waals surface area (Å²) in [5.74, 6) is -0.434. The molecule has 0 aliphatic carbocycles. The number of amides is 3. The van der Waals surface area contributed by atoms with E-state index in [1.54, 1.807) is 4.90 Å². The van der Waals surface area contributed by atoms with Gasteiger partial charge in [0, 0.05) is 69.3 Å². The zero-order valence-corrected chi connectivity index (χ0v) is 64.5. The Labute approximate surface area is 642 Å². The molecule has 0 spiro atoms. The summed E-state index contributed by atoms with van der Waals surface area (Å²) < 4.78 is 89.8. The van der Waals surface area contributed by atoms with Crippen molar-refractivity contribution in [3.05, 3.63) is 0 Å². The minimum atomic E-state index is -1.57. The average molecular weight is 1600 g/mol. The van der Waals surface area contributed by atoms with Crippen LogP contribution in [0.1, 0.15) is 117 Å². The molecule has 638 valence electrons. The van der Waals surface area contributed by atoms with Gasteiger partial charge >= 0.3 is 0 Å². The van der Waals surface area contributed by atoms with Crippen LogP contribution in [0.4, 0.5) is 0 Å². The summed E-state index contributed by atoms with van der Waals surface area (Å²) in [4.78, 5) is 68.0. The van der Waals surface area contributed by atoms with Crippen molar-refractivity contribution in [2.45, 2.75) is 227 Å². The van der Waals surface area contributed by atoms with Gasteiger partial charge in [-0.1, -0.05) is 50.3 Å². The molecule has 3 amide bonds. The molecule has 109 heavy (non-hydrogen) atoms. The van der Waals surface area contributed by atoms with Gasteiger partial charge in [0.2, 0.25) is 17.7 Å². The number of carbonyl (C=O) groups excluding carboxylic acids is 5. The minimum Gasteiger partial charge on any atom is -0.394 e. The van der Waals surface area contributed by atoms with Crippen molar-refractivity contribution in [3.63, 3.8) is 0 Å². The number of aliphatic hydroxyl groups excluding tert-OH is 13. The number of likely N-dealkylation sites (tertiary alicyclic amines) is 1. The first-order valence-corrected chi connectivity index (χ1v) is 39.1. The standard InChI is InChI=1S/C71H129N3O34S/c1-70(2,3)105-44-48-38-50(79)40-74(48)56(82)13-11-9-7-5-4-6-8-10-12-49(78)39-71(45-99-19-14-54(80)72-17-22-93-24-26-95-30-33-102-67-64(90)61(87)58(84)51(41-75)106-67,46-100-20-15-55(81)73-18-23-94-25-27-96-31-34-103-68-65(91)62(88)59(85)52(42-76)107-68)47-101-21-16-57(83)109-37-36-98-29-28-97-32-35-104-69-66(92)63(89)60(86)53(43-77)108-69/h48,50-53,58-69,75-77,79,84-92H,4-47H2,1-3H3,(H,72,80)(H,73,81)/t48-,50+,51?,52?,53?,58+,59+,60+,61-,62-,63-,64?,65?,66?,67-,68-,69-,71?/m0/s1. The van der Waals surface area contributed by atoms with Crippen molar-refractivity contribution in [2.24, 2.45) is 5.41 Å². The number of rotatable bonds is 63. The molecule has 4 heterocycles. The second kappa shape index (κ2) is 57.1. The topological polar surface area (TPSA) is 523 Å². The van der Waals surface area contributed by atoms with Crippen LogP contribution in [0.15, 0.2) is 0 Å². The number of β-amino-alcohol motifs (C(OH)–C–C–N with tert-alkyl or cyclic N) is 1. The molecule has 0 saturated carbocycles. The highest BCUT2D eigenvalue weighted by Crippen LogP contribution is 2.30. The summed E-state index contributed by atoms with van der Waals surface area (Å²) in [6.07, 6.45) is -13.8. The number of ether oxygens (including phenoxy) is 16. The fraction of sp³-hybridized carbons (Fsp3) is 0.930. The number of unbranched alkanes of at least 4 members (excludes halogenated alkanes) is 7. The third-order valence-electron chi connectivity index (χ3n) is 18.0. The van der Waals surface area contributed by atoms with E-state index in [0.29, 0.717) is 38.2 Å². The lowest BCUT2D eigenvalue weighted by molar-refractivity contribution is -0.302. The number of Topliss-reactive ketones (excluding diaryl/α,β-unsaturated/α-hetero) is 1. The number of thioether (sulfide) groups is 1. The number of hydrogen-bond acceptors (Lipinski definition) is 35. The predicted octanol–water partition coefficient (Wildman–Crippen LogP) is -4.13. The monoisotopic (exact) mass is 1600 g/mol. The van der Waals surface area contributed by atoms with E-state index in [1.807, 2.05) is 20.8 Å². The third kappa shape index (κ3) is 40.4. The number of aliphatic hydroxyl groups is 13. The molecule has 17 atom stereocenters. The van der Waals surface area contributed by atoms with Crippen LogP contribution in [0, 0.1) is 5.41 Å². The molecule has 15 N–H and O–H groups in total. The Hall–Kier alpha value is -3.06. The molecule has 38 heteroatoms. The quantitative estimate of drug-likeness (QED) is 0.0257. The molecule has 4 saturated heterocycles. The SMILES string of the molecule is CC(C)(C)OC[C@@H]1C[C@@H](O)CN1C(=O)CCCCCCCCCCC(=O)CC(COCCC(=O)NCCOCCOCCO[C@H]1OC(CO)[C@@H](O)[C@H](O)C1O)(COCCC(=O)NCCOCCOCCO[C@H]1OC(CO)[C@@H](O)[C@H](O)C1O)COCCC(=O)SCCOCCOCCO[C@H]1OC(CO)[C@@H](O)[C@H](O)C1O. The minimum absolute atomic E-state index is 0.00456. The van der Waals surface area contributed by atoms with Crippen molar-refractivity contribution < 1.29 is 166 Å². The molecule has 4 aliphatic heterocycles. The second-order valence-corrected chi connectivity index (χ2v) is 29.4. The zero-order chi connectivity index (χ0) is 79.8. The molecule has 0 aromatic rings. The number of hydrogen-bond donors (Lipinski definition) is 15. The molecule has 4 rings (SSSR count). The third-order valence-corrected chi connectivity index (χ3v) is 18.9. The highest BCUT2D eigenvalue weighted by molar-refractivity contribution is 8.13. The smallest absolute Gasteiger partial charge is 0.222 e. The summed E-state index contributed by atoms with van der Waals surface area (Å²) in [7, 11) is 0. The van der Waals surface area contributed by atoms with E-state index in [1.165, 1.54) is 0 Å². The fourth-order valence-electron chi connectivity index (χ4n) is 11.9. The first-order chi connectivity index (χ1) is 52.3. The zero-order valence-electron chi connectivity index (χ0n) is 63.7. The van der Waals surface area contributed by atoms with E-state index in [0.717, 1.165) is 56.7 Å². The highest BCUT2D eigenvalue weighted by atomic mass is 32.2. The van der Waals surface area contributed by atoms with Crippen molar-refractivity contribution in [1.82, 2.24) is 15.5 Å². The molecule has 0 radical (unpaired) electrons. The van der Waals surface area contributed by atoms with E-state index in [2.05, 4.69) is 10.6 Å². The lowest BCUT2D eigenvalue weighted by Gasteiger charge is -2.39. The number of nitrogens with one attached hydrogen (secondary N) is 2. The molecule has 0 aromatic carbocycles. The molecular weight excluding hydrogens is 1470 g/mol. The molecular formula is C71H129N3O34S. The predicted molar refractivity (Wildman–Crippen MR) is 384 cm³/mol. The van der Waals surface area contributed by atoms with Crippen LogP contribution >= 0.6 is 11.8 Å². The Kier molecular flexibility index (Phi) is 51.5. The van der Waals surface area contributed by atoms with E-state index >= 15 is 0 Å². The van der Waals surface area contributed by atoms with Gasteiger partial charge in [-0.2, -0.15) is 0 Å². The van der Waals surface area contributed by atoms with Gasteiger partial charge in [-0.05, 0) is 40.0 Å². The Balaban J connectivity index is 1.26. The molecule has 4 aliphatic rings. The lowest BCUT2D eigenvalue weighted by atomic mass is 9.84. The molecule has 0 aromatic heterocycles. The van der Waals surface area contributed by atoms with Crippen molar-refractivity contribution in [1.29, 1.82) is 0 Å². The molecule has 0 bridgehead atoms. The summed E-state index contributed by atoms with van der Waals surface area (Å²) in [5, 5.41) is 134. The second-order valence-electron chi connectivity index (χ2n) is 28.3. The Bertz CT molecular complexity index is 2230. The summed E-state index contributed by atoms with van der Waals surface area (Å²) in [6.45, 7) is 6.29. The molecule has 4 fully saturated rings. The van der Waals surface area contributed by atoms with Gasteiger partial charge < -0.3 is 158 Å². The Morgan fingerprint density at radius 3 is 1.19 bits per heavy atom. The van der Waals surface area contributed by atoms with Crippen LogP contribution in [-0.2, 0) is 99.8 Å². The Morgan fingerprint density at radius 1 is 0.422 bits per heavy atom. The van der Waals surface area contributed by atoms with Gasteiger partial charge in [-0.3, -0.25) is 24.0 Å². The lowest BCUT2D eigenvalue weighted by Crippen LogP contribution is -2.59. The van der Waals surface area contributed by atoms with Gasteiger partial charge in [0.1, 0.15) is 79.0 Å². The van der Waals surface area contributed by atoms with Crippen LogP contribution in [0.5, 0.6) is 0 Å². The number of nitrogens with zero attached hydrogens (tertiary/aromatic N) is 1. The van der Waals surface area contributed by atoms with E-state index in [4.69, 9.17) is 75.8 Å². The molecule has 37 nitrogen and oxygen atoms in total. The van der Waals surface area contributed by atoms with E-state index in [9.17, 15) is 90.4 Å². The highest BCUT2D eigenvalue weighted by Gasteiger charge is 2.47. The van der Waals surface area contributed by atoms with Crippen LogP contribution in [-0.4, -0.2) is 400 Å². The van der Waals surface area contributed by atoms with Crippen molar-refractivity contribution >= 4 is 40.4 Å². The van der Waals surface area contributed by atoms with Gasteiger partial charge in [0.15, 0.2) is 24.0 Å². The summed E-state index contributed by atoms with van der Waals surface area (Å²) in [6, 6.07) is -0.145. The van der Waals surface area contributed by atoms with Crippen LogP contribution < -0.4 is 10.6 Å². The fourth-order valence-corrected chi connectivity index (χ4v) is 12.5. The molecule has 6 unspecified atom stereocenters. The number of ketones is 1. The van der Waals surface area contributed by atoms with Crippen LogP contribution in [0.2, 0.25) is 0 Å². The van der Waals surface area contributed by atoms with Gasteiger partial charge in [0.25, 0.3) is 0 Å². The largest absolute Gasteiger partial charge is 0.394 e. The van der Waals surface area contributed by atoms with E-state index in [-0.39, 0.29) is 224 Å². The maximum absolute atomic E-state index is 14.1. The van der Waals surface area contributed by atoms with Gasteiger partial charge in [-0.15, -0.1) is 0 Å². The normalized spacial score (nSPS) is 27.3. The summed E-state index contributed by atoms with van der Waals surface area (Å²) in [5.41, 5.74) is -1.49. The maximum atomic E-state index is 14.1. The maximum Gasteiger partial charge on any atom is 0.222 e. The van der Waals surface area contributed by atoms with Gasteiger partial charge in [0.05, 0.1) is 183 Å². The Morgan fingerprint density at radius 2 is 0.789 bits per heavy atom. The summed E-state index contributed by atoms with van der Waals surface area (Å²) >= 11 is 1.04. The van der Waals surface area contributed by atoms with Crippen LogP contribution in [0.25, 0.3) is 0 Å². The van der Waals surface area contributed by atoms with Crippen molar-refractivity contribution in [2.75, 3.05) is 191 Å².